The molecule has 0 spiro atoms. The fourth-order valence-corrected chi connectivity index (χ4v) is 3.21. The molecule has 5 nitrogen and oxygen atoms in total. The van der Waals surface area contributed by atoms with Crippen LogP contribution in [0, 0.1) is 0 Å². The summed E-state index contributed by atoms with van der Waals surface area (Å²) in [5.74, 6) is -1.07. The Bertz CT molecular complexity index is 1020. The van der Waals surface area contributed by atoms with E-state index in [9.17, 15) is 23.1 Å². The Morgan fingerprint density at radius 3 is 2.52 bits per heavy atom. The van der Waals surface area contributed by atoms with Gasteiger partial charge >= 0.3 is 6.18 Å². The maximum absolute atomic E-state index is 13.5. The lowest BCUT2D eigenvalue weighted by Gasteiger charge is -2.12. The minimum Gasteiger partial charge on any atom is -0.503 e. The first-order valence-electron chi connectivity index (χ1n) is 8.25. The van der Waals surface area contributed by atoms with Gasteiger partial charge in [0.05, 0.1) is 22.3 Å². The van der Waals surface area contributed by atoms with Crippen molar-refractivity contribution < 1.29 is 27.8 Å². The maximum Gasteiger partial charge on any atom is 0.435 e. The third kappa shape index (κ3) is 4.40. The molecule has 1 heterocycles. The summed E-state index contributed by atoms with van der Waals surface area (Å²) >= 11 is 8.91. The van der Waals surface area contributed by atoms with Crippen molar-refractivity contribution in [3.63, 3.8) is 0 Å². The van der Waals surface area contributed by atoms with Gasteiger partial charge in [-0.05, 0) is 70.9 Å². The van der Waals surface area contributed by atoms with Crippen LogP contribution in [0.4, 0.5) is 18.9 Å². The first-order chi connectivity index (χ1) is 13.6. The largest absolute Gasteiger partial charge is 0.503 e. The van der Waals surface area contributed by atoms with Gasteiger partial charge in [-0.2, -0.15) is 23.3 Å². The summed E-state index contributed by atoms with van der Waals surface area (Å²) in [5.41, 5.74) is -1.59. The SMILES string of the molecule is CCOc1cc(/C=C2/C(=O)N(c3ccc(Cl)cc3)N=C2C(F)(F)F)cc(Br)c1O. The van der Waals surface area contributed by atoms with Crippen LogP contribution >= 0.6 is 27.5 Å². The van der Waals surface area contributed by atoms with E-state index in [4.69, 9.17) is 16.3 Å². The summed E-state index contributed by atoms with van der Waals surface area (Å²) in [6.07, 6.45) is -3.79. The Kier molecular flexibility index (Phi) is 5.90. The molecule has 0 bridgehead atoms. The van der Waals surface area contributed by atoms with Crippen LogP contribution in [0.2, 0.25) is 5.02 Å². The van der Waals surface area contributed by atoms with E-state index in [-0.39, 0.29) is 33.8 Å². The quantitative estimate of drug-likeness (QED) is 0.573. The number of phenols is 1. The van der Waals surface area contributed by atoms with Gasteiger partial charge in [-0.1, -0.05) is 11.6 Å². The highest BCUT2D eigenvalue weighted by Gasteiger charge is 2.46. The number of aromatic hydroxyl groups is 1. The number of carbonyl (C=O) groups is 1. The number of carbonyl (C=O) groups excluding carboxylic acids is 1. The molecular weight excluding hydrogens is 477 g/mol. The Morgan fingerprint density at radius 2 is 1.93 bits per heavy atom. The molecule has 0 saturated carbocycles. The van der Waals surface area contributed by atoms with Crippen LogP contribution in [-0.2, 0) is 4.79 Å². The monoisotopic (exact) mass is 488 g/mol. The minimum absolute atomic E-state index is 0.0687. The van der Waals surface area contributed by atoms with Gasteiger partial charge in [-0.3, -0.25) is 4.79 Å². The number of hydrogen-bond acceptors (Lipinski definition) is 4. The number of benzene rings is 2. The molecule has 0 fully saturated rings. The molecule has 3 rings (SSSR count). The number of hydrogen-bond donors (Lipinski definition) is 1. The zero-order valence-electron chi connectivity index (χ0n) is 14.8. The fraction of sp³-hybridized carbons (Fsp3) is 0.158. The number of ether oxygens (including phenoxy) is 1. The van der Waals surface area contributed by atoms with Crippen LogP contribution in [-0.4, -0.2) is 29.5 Å². The highest BCUT2D eigenvalue weighted by atomic mass is 79.9. The summed E-state index contributed by atoms with van der Waals surface area (Å²) in [4.78, 5) is 12.7. The van der Waals surface area contributed by atoms with Crippen LogP contribution in [0.25, 0.3) is 6.08 Å². The number of nitrogens with zero attached hydrogens (tertiary/aromatic N) is 2. The predicted molar refractivity (Wildman–Crippen MR) is 107 cm³/mol. The number of rotatable bonds is 4. The second-order valence-electron chi connectivity index (χ2n) is 5.88. The van der Waals surface area contributed by atoms with E-state index < -0.39 is 23.4 Å². The third-order valence-corrected chi connectivity index (χ3v) is 4.74. The van der Waals surface area contributed by atoms with Crippen molar-refractivity contribution in [2.24, 2.45) is 5.10 Å². The van der Waals surface area contributed by atoms with Gasteiger partial charge in [0.25, 0.3) is 5.91 Å². The molecule has 2 aromatic rings. The zero-order valence-corrected chi connectivity index (χ0v) is 17.1. The van der Waals surface area contributed by atoms with E-state index in [1.54, 1.807) is 6.92 Å². The third-order valence-electron chi connectivity index (χ3n) is 3.88. The van der Waals surface area contributed by atoms with Gasteiger partial charge in [0, 0.05) is 5.02 Å². The van der Waals surface area contributed by atoms with Gasteiger partial charge < -0.3 is 9.84 Å². The van der Waals surface area contributed by atoms with E-state index in [0.717, 1.165) is 6.08 Å². The van der Waals surface area contributed by atoms with Crippen LogP contribution in [0.3, 0.4) is 0 Å². The van der Waals surface area contributed by atoms with E-state index in [2.05, 4.69) is 21.0 Å². The molecule has 0 aromatic heterocycles. The summed E-state index contributed by atoms with van der Waals surface area (Å²) < 4.78 is 46.1. The molecule has 29 heavy (non-hydrogen) atoms. The van der Waals surface area contributed by atoms with Gasteiger partial charge in [0.1, 0.15) is 0 Å². The summed E-state index contributed by atoms with van der Waals surface area (Å²) in [6, 6.07) is 8.39. The highest BCUT2D eigenvalue weighted by molar-refractivity contribution is 9.10. The molecule has 1 N–H and O–H groups in total. The summed E-state index contributed by atoms with van der Waals surface area (Å²) in [6.45, 7) is 1.93. The highest BCUT2D eigenvalue weighted by Crippen LogP contribution is 2.38. The van der Waals surface area contributed by atoms with Crippen LogP contribution in [0.1, 0.15) is 12.5 Å². The molecule has 2 aromatic carbocycles. The Balaban J connectivity index is 2.09. The number of amides is 1. The average molecular weight is 490 g/mol. The topological polar surface area (TPSA) is 62.1 Å². The van der Waals surface area contributed by atoms with Gasteiger partial charge in [-0.15, -0.1) is 0 Å². The lowest BCUT2D eigenvalue weighted by atomic mass is 10.1. The van der Waals surface area contributed by atoms with Crippen LogP contribution in [0.5, 0.6) is 11.5 Å². The first-order valence-corrected chi connectivity index (χ1v) is 9.42. The number of anilines is 1. The second-order valence-corrected chi connectivity index (χ2v) is 7.17. The normalized spacial score (nSPS) is 15.8. The lowest BCUT2D eigenvalue weighted by molar-refractivity contribution is -0.114. The van der Waals surface area contributed by atoms with Crippen molar-refractivity contribution in [1.82, 2.24) is 0 Å². The average Bonchev–Trinajstić information content (AvgIpc) is 2.97. The molecule has 1 aliphatic heterocycles. The molecular formula is C19H13BrClF3N2O3. The summed E-state index contributed by atoms with van der Waals surface area (Å²) in [5, 5.41) is 14.5. The smallest absolute Gasteiger partial charge is 0.435 e. The predicted octanol–water partition coefficient (Wildman–Crippen LogP) is 5.56. The van der Waals surface area contributed by atoms with Crippen molar-refractivity contribution in [1.29, 1.82) is 0 Å². The van der Waals surface area contributed by atoms with Crippen LogP contribution in [0.15, 0.2) is 51.5 Å². The molecule has 0 saturated heterocycles. The molecule has 0 aliphatic carbocycles. The minimum atomic E-state index is -4.85. The van der Waals surface area contributed by atoms with Gasteiger partial charge in [0.2, 0.25) is 0 Å². The molecule has 0 radical (unpaired) electrons. The van der Waals surface area contributed by atoms with E-state index in [1.807, 2.05) is 0 Å². The van der Waals surface area contributed by atoms with Crippen LogP contribution < -0.4 is 9.75 Å². The molecule has 10 heteroatoms. The maximum atomic E-state index is 13.5. The second kappa shape index (κ2) is 8.08. The fourth-order valence-electron chi connectivity index (χ4n) is 2.62. The number of halogens is 5. The van der Waals surface area contributed by atoms with Gasteiger partial charge in [-0.25, -0.2) is 0 Å². The van der Waals surface area contributed by atoms with E-state index in [0.29, 0.717) is 10.0 Å². The van der Waals surface area contributed by atoms with Gasteiger partial charge in [0.15, 0.2) is 17.2 Å². The molecule has 152 valence electrons. The summed E-state index contributed by atoms with van der Waals surface area (Å²) in [7, 11) is 0. The zero-order chi connectivity index (χ0) is 21.3. The van der Waals surface area contributed by atoms with Crippen molar-refractivity contribution in [2.45, 2.75) is 13.1 Å². The number of hydrazone groups is 1. The van der Waals surface area contributed by atoms with Crippen molar-refractivity contribution >= 4 is 50.9 Å². The standard InChI is InChI=1S/C19H13BrClF3N2O3/c1-2-29-15-9-10(8-14(20)16(15)27)7-13-17(19(22,23)24)25-26(18(13)28)12-5-3-11(21)4-6-12/h3-9,27H,2H2,1H3/b13-7+. The van der Waals surface area contributed by atoms with E-state index in [1.165, 1.54) is 36.4 Å². The van der Waals surface area contributed by atoms with Crippen molar-refractivity contribution in [2.75, 3.05) is 11.6 Å². The molecule has 1 amide bonds. The Labute approximate surface area is 177 Å². The lowest BCUT2D eigenvalue weighted by Crippen LogP contribution is -2.25. The van der Waals surface area contributed by atoms with Crippen molar-refractivity contribution in [3.05, 3.63) is 57.0 Å². The molecule has 0 unspecified atom stereocenters. The number of alkyl halides is 3. The Hall–Kier alpha value is -2.52. The van der Waals surface area contributed by atoms with E-state index >= 15 is 0 Å². The number of phenolic OH excluding ortho intramolecular Hbond substituents is 1. The Morgan fingerprint density at radius 1 is 1.28 bits per heavy atom. The first kappa shape index (κ1) is 21.2. The van der Waals surface area contributed by atoms with Crippen molar-refractivity contribution in [3.8, 4) is 11.5 Å². The molecule has 1 aliphatic rings. The molecule has 0 atom stereocenters.